The van der Waals surface area contributed by atoms with Crippen LogP contribution >= 0.6 is 23.7 Å². The van der Waals surface area contributed by atoms with Gasteiger partial charge in [0, 0.05) is 11.4 Å². The maximum Gasteiger partial charge on any atom is 0.327 e. The Hall–Kier alpha value is -1.18. The van der Waals surface area contributed by atoms with Gasteiger partial charge in [0.15, 0.2) is 0 Å². The van der Waals surface area contributed by atoms with Crippen LogP contribution in [0.15, 0.2) is 11.4 Å². The Balaban J connectivity index is 0.00000196. The van der Waals surface area contributed by atoms with Crippen molar-refractivity contribution in [2.75, 3.05) is 7.11 Å². The third-order valence-electron chi connectivity index (χ3n) is 1.60. The minimum Gasteiger partial charge on any atom is -0.468 e. The SMILES string of the molecule is COC(=O)[C@@H](N)c1csc([N+](=O)[O-])c1.Cl. The summed E-state index contributed by atoms with van der Waals surface area (Å²) < 4.78 is 4.41. The Kier molecular flexibility index (Phi) is 5.20. The number of nitrogens with zero attached hydrogens (tertiary/aromatic N) is 1. The zero-order valence-corrected chi connectivity index (χ0v) is 9.34. The largest absolute Gasteiger partial charge is 0.468 e. The van der Waals surface area contributed by atoms with Crippen LogP contribution in [-0.4, -0.2) is 18.0 Å². The molecule has 0 aliphatic heterocycles. The molecule has 0 saturated heterocycles. The molecule has 0 fully saturated rings. The van der Waals surface area contributed by atoms with Gasteiger partial charge < -0.3 is 10.5 Å². The average molecular weight is 253 g/mol. The van der Waals surface area contributed by atoms with Gasteiger partial charge in [0.2, 0.25) is 0 Å². The number of esters is 1. The molecule has 0 unspecified atom stereocenters. The zero-order chi connectivity index (χ0) is 10.7. The van der Waals surface area contributed by atoms with Gasteiger partial charge in [-0.25, -0.2) is 0 Å². The first-order valence-electron chi connectivity index (χ1n) is 3.62. The summed E-state index contributed by atoms with van der Waals surface area (Å²) in [4.78, 5) is 20.8. The van der Waals surface area contributed by atoms with E-state index in [9.17, 15) is 14.9 Å². The van der Waals surface area contributed by atoms with E-state index in [2.05, 4.69) is 4.74 Å². The number of hydrogen-bond acceptors (Lipinski definition) is 6. The van der Waals surface area contributed by atoms with E-state index < -0.39 is 16.9 Å². The number of nitrogens with two attached hydrogens (primary N) is 1. The van der Waals surface area contributed by atoms with Crippen LogP contribution in [0.3, 0.4) is 0 Å². The monoisotopic (exact) mass is 252 g/mol. The Morgan fingerprint density at radius 2 is 2.33 bits per heavy atom. The highest BCUT2D eigenvalue weighted by molar-refractivity contribution is 7.13. The van der Waals surface area contributed by atoms with Crippen LogP contribution in [0.5, 0.6) is 0 Å². The smallest absolute Gasteiger partial charge is 0.327 e. The number of ether oxygens (including phenoxy) is 1. The second-order valence-electron chi connectivity index (χ2n) is 2.48. The summed E-state index contributed by atoms with van der Waals surface area (Å²) in [6, 6.07) is 0.316. The van der Waals surface area contributed by atoms with Crippen molar-refractivity contribution in [3.05, 3.63) is 27.1 Å². The van der Waals surface area contributed by atoms with E-state index >= 15 is 0 Å². The molecule has 1 rings (SSSR count). The fraction of sp³-hybridized carbons (Fsp3) is 0.286. The van der Waals surface area contributed by atoms with Crippen molar-refractivity contribution in [3.63, 3.8) is 0 Å². The van der Waals surface area contributed by atoms with Crippen molar-refractivity contribution in [3.8, 4) is 0 Å². The van der Waals surface area contributed by atoms with Crippen LogP contribution in [0.1, 0.15) is 11.6 Å². The van der Waals surface area contributed by atoms with E-state index in [0.717, 1.165) is 11.3 Å². The van der Waals surface area contributed by atoms with Crippen molar-refractivity contribution < 1.29 is 14.5 Å². The normalized spacial score (nSPS) is 11.3. The van der Waals surface area contributed by atoms with Crippen molar-refractivity contribution >= 4 is 34.7 Å². The number of carbonyl (C=O) groups is 1. The summed E-state index contributed by atoms with van der Waals surface area (Å²) in [7, 11) is 1.21. The van der Waals surface area contributed by atoms with Gasteiger partial charge in [0.25, 0.3) is 0 Å². The summed E-state index contributed by atoms with van der Waals surface area (Å²) in [5.41, 5.74) is 5.87. The molecule has 0 spiro atoms. The lowest BCUT2D eigenvalue weighted by Crippen LogP contribution is -2.21. The van der Waals surface area contributed by atoms with Gasteiger partial charge in [0.1, 0.15) is 6.04 Å². The number of hydrogen-bond donors (Lipinski definition) is 1. The van der Waals surface area contributed by atoms with Gasteiger partial charge in [-0.3, -0.25) is 14.9 Å². The average Bonchev–Trinajstić information content (AvgIpc) is 2.64. The number of methoxy groups -OCH3 is 1. The number of nitro groups is 1. The van der Waals surface area contributed by atoms with Crippen molar-refractivity contribution in [2.45, 2.75) is 6.04 Å². The fourth-order valence-electron chi connectivity index (χ4n) is 0.861. The predicted molar refractivity (Wildman–Crippen MR) is 57.2 cm³/mol. The van der Waals surface area contributed by atoms with Crippen molar-refractivity contribution in [1.82, 2.24) is 0 Å². The molecule has 0 amide bonds. The summed E-state index contributed by atoms with van der Waals surface area (Å²) in [6.45, 7) is 0. The number of rotatable bonds is 3. The molecule has 2 N–H and O–H groups in total. The number of halogens is 1. The van der Waals surface area contributed by atoms with E-state index in [-0.39, 0.29) is 17.4 Å². The van der Waals surface area contributed by atoms with Crippen molar-refractivity contribution in [1.29, 1.82) is 0 Å². The molecular weight excluding hydrogens is 244 g/mol. The van der Waals surface area contributed by atoms with E-state index in [1.807, 2.05) is 0 Å². The maximum absolute atomic E-state index is 11.0. The molecule has 0 saturated carbocycles. The third-order valence-corrected chi connectivity index (χ3v) is 2.50. The number of carbonyl (C=O) groups excluding carboxylic acids is 1. The highest BCUT2D eigenvalue weighted by Gasteiger charge is 2.20. The van der Waals surface area contributed by atoms with Gasteiger partial charge in [-0.15, -0.1) is 12.4 Å². The lowest BCUT2D eigenvalue weighted by molar-refractivity contribution is -0.380. The molecule has 8 heteroatoms. The maximum atomic E-state index is 11.0. The van der Waals surface area contributed by atoms with E-state index in [0.29, 0.717) is 5.56 Å². The Bertz CT molecular complexity index is 368. The van der Waals surface area contributed by atoms with Gasteiger partial charge >= 0.3 is 11.0 Å². The van der Waals surface area contributed by atoms with Crippen LogP contribution in [0.4, 0.5) is 5.00 Å². The lowest BCUT2D eigenvalue weighted by atomic mass is 10.2. The highest BCUT2D eigenvalue weighted by atomic mass is 35.5. The molecule has 15 heavy (non-hydrogen) atoms. The van der Waals surface area contributed by atoms with Crippen LogP contribution < -0.4 is 5.73 Å². The Morgan fingerprint density at radius 3 is 2.73 bits per heavy atom. The first-order chi connectivity index (χ1) is 6.56. The molecular formula is C7H9ClN2O4S. The van der Waals surface area contributed by atoms with Gasteiger partial charge in [-0.05, 0) is 5.56 Å². The topological polar surface area (TPSA) is 95.5 Å². The minimum absolute atomic E-state index is 0. The Labute approximate surface area is 95.6 Å². The first kappa shape index (κ1) is 13.8. The van der Waals surface area contributed by atoms with Gasteiger partial charge in [-0.2, -0.15) is 0 Å². The number of thiophene rings is 1. The molecule has 6 nitrogen and oxygen atoms in total. The Morgan fingerprint density at radius 1 is 1.73 bits per heavy atom. The van der Waals surface area contributed by atoms with Crippen LogP contribution in [0, 0.1) is 10.1 Å². The molecule has 0 aliphatic carbocycles. The lowest BCUT2D eigenvalue weighted by Gasteiger charge is -2.05. The first-order valence-corrected chi connectivity index (χ1v) is 4.50. The highest BCUT2D eigenvalue weighted by Crippen LogP contribution is 2.26. The molecule has 1 aromatic rings. The summed E-state index contributed by atoms with van der Waals surface area (Å²) in [6.07, 6.45) is 0. The van der Waals surface area contributed by atoms with E-state index in [4.69, 9.17) is 5.73 Å². The molecule has 1 atom stereocenters. The molecule has 0 aromatic carbocycles. The van der Waals surface area contributed by atoms with Gasteiger partial charge in [-0.1, -0.05) is 11.3 Å². The second-order valence-corrected chi connectivity index (χ2v) is 3.37. The second kappa shape index (κ2) is 5.64. The van der Waals surface area contributed by atoms with Crippen LogP contribution in [0.2, 0.25) is 0 Å². The molecule has 1 heterocycles. The van der Waals surface area contributed by atoms with Crippen molar-refractivity contribution in [2.24, 2.45) is 5.73 Å². The van der Waals surface area contributed by atoms with Crippen LogP contribution in [-0.2, 0) is 9.53 Å². The summed E-state index contributed by atoms with van der Waals surface area (Å²) in [5, 5.41) is 11.8. The summed E-state index contributed by atoms with van der Waals surface area (Å²) in [5.74, 6) is -0.613. The van der Waals surface area contributed by atoms with E-state index in [1.165, 1.54) is 18.6 Å². The minimum atomic E-state index is -0.954. The molecule has 84 valence electrons. The zero-order valence-electron chi connectivity index (χ0n) is 7.71. The molecule has 1 aromatic heterocycles. The fourth-order valence-corrected chi connectivity index (χ4v) is 1.62. The summed E-state index contributed by atoms with van der Waals surface area (Å²) >= 11 is 0.927. The quantitative estimate of drug-likeness (QED) is 0.496. The van der Waals surface area contributed by atoms with E-state index in [1.54, 1.807) is 0 Å². The molecule has 0 aliphatic rings. The van der Waals surface area contributed by atoms with Gasteiger partial charge in [0.05, 0.1) is 12.0 Å². The molecule has 0 radical (unpaired) electrons. The standard InChI is InChI=1S/C7H8N2O4S.ClH/c1-13-7(10)6(8)4-2-5(9(11)12)14-3-4;/h2-3,6H,8H2,1H3;1H/t6-;/m0./s1. The predicted octanol–water partition coefficient (Wildman–Crippen LogP) is 1.25. The molecule has 0 bridgehead atoms. The van der Waals surface area contributed by atoms with Crippen LogP contribution in [0.25, 0.3) is 0 Å². The third kappa shape index (κ3) is 3.15.